The van der Waals surface area contributed by atoms with E-state index in [1.165, 1.54) is 25.1 Å². The number of hydrogen-bond acceptors (Lipinski definition) is 10. The first-order valence-corrected chi connectivity index (χ1v) is 11.9. The highest BCUT2D eigenvalue weighted by Gasteiger charge is 2.29. The molecule has 37 heavy (non-hydrogen) atoms. The summed E-state index contributed by atoms with van der Waals surface area (Å²) in [7, 11) is 3.92. The van der Waals surface area contributed by atoms with Crippen molar-refractivity contribution in [2.45, 2.75) is 25.3 Å². The van der Waals surface area contributed by atoms with Crippen molar-refractivity contribution in [2.75, 3.05) is 72.7 Å². The number of nitrogens with zero attached hydrogens (tertiary/aromatic N) is 1. The van der Waals surface area contributed by atoms with Crippen LogP contribution in [0, 0.1) is 0 Å². The molecule has 0 fully saturated rings. The zero-order chi connectivity index (χ0) is 27.9. The summed E-state index contributed by atoms with van der Waals surface area (Å²) in [5.74, 6) is -0.914. The van der Waals surface area contributed by atoms with Crippen LogP contribution in [0.25, 0.3) is 0 Å². The summed E-state index contributed by atoms with van der Waals surface area (Å²) in [6, 6.07) is 3.99. The number of aliphatic hydroxyl groups excluding tert-OH is 1. The first kappa shape index (κ1) is 33.8. The summed E-state index contributed by atoms with van der Waals surface area (Å²) < 4.78 is 16.1. The number of aldehydes is 3. The van der Waals surface area contributed by atoms with Crippen molar-refractivity contribution in [2.24, 2.45) is 0 Å². The third-order valence-electron chi connectivity index (χ3n) is 5.02. The van der Waals surface area contributed by atoms with Crippen molar-refractivity contribution >= 4 is 36.4 Å². The molecule has 0 spiro atoms. The maximum Gasteiger partial charge on any atom is 0.257 e. The molecule has 1 unspecified atom stereocenters. The molecule has 1 aromatic carbocycles. The molecule has 0 saturated carbocycles. The van der Waals surface area contributed by atoms with E-state index in [9.17, 15) is 24.0 Å². The van der Waals surface area contributed by atoms with Gasteiger partial charge in [-0.2, -0.15) is 0 Å². The van der Waals surface area contributed by atoms with E-state index >= 15 is 0 Å². The summed E-state index contributed by atoms with van der Waals surface area (Å²) in [5, 5.41) is 12.6. The highest BCUT2D eigenvalue weighted by molar-refractivity contribution is 6.07. The second-order valence-electron chi connectivity index (χ2n) is 7.40. The molecule has 2 amide bonds. The van der Waals surface area contributed by atoms with Gasteiger partial charge in [0.1, 0.15) is 18.6 Å². The Morgan fingerprint density at radius 2 is 1.54 bits per heavy atom. The van der Waals surface area contributed by atoms with E-state index in [2.05, 4.69) is 10.6 Å². The average molecular weight is 526 g/mol. The van der Waals surface area contributed by atoms with E-state index in [0.29, 0.717) is 70.9 Å². The van der Waals surface area contributed by atoms with Gasteiger partial charge in [-0.05, 0) is 12.5 Å². The number of nitrogens with one attached hydrogen (secondary N) is 2. The predicted octanol–water partition coefficient (Wildman–Crippen LogP) is 0.324. The first-order chi connectivity index (χ1) is 18.0. The van der Waals surface area contributed by atoms with E-state index in [4.69, 9.17) is 19.3 Å². The quantitative estimate of drug-likeness (QED) is 0.160. The van der Waals surface area contributed by atoms with E-state index in [-0.39, 0.29) is 24.0 Å². The second kappa shape index (κ2) is 22.0. The summed E-state index contributed by atoms with van der Waals surface area (Å²) in [6.07, 6.45) is 2.72. The van der Waals surface area contributed by atoms with E-state index in [1.54, 1.807) is 12.1 Å². The molecule has 12 nitrogen and oxygen atoms in total. The Labute approximate surface area is 217 Å². The minimum Gasteiger partial charge on any atom is -0.400 e. The van der Waals surface area contributed by atoms with Crippen molar-refractivity contribution in [3.8, 4) is 0 Å². The Hall–Kier alpha value is -3.19. The lowest BCUT2D eigenvalue weighted by atomic mass is 10.0. The van der Waals surface area contributed by atoms with Gasteiger partial charge < -0.3 is 44.4 Å². The molecular weight excluding hydrogens is 486 g/mol. The molecule has 1 rings (SSSR count). The number of ether oxygens (including phenoxy) is 3. The van der Waals surface area contributed by atoms with Crippen LogP contribution < -0.4 is 10.6 Å². The van der Waals surface area contributed by atoms with Gasteiger partial charge in [0, 0.05) is 51.8 Å². The van der Waals surface area contributed by atoms with Gasteiger partial charge in [0.25, 0.3) is 5.91 Å². The van der Waals surface area contributed by atoms with Gasteiger partial charge in [0.05, 0.1) is 45.2 Å². The molecule has 208 valence electrons. The maximum absolute atomic E-state index is 13.3. The summed E-state index contributed by atoms with van der Waals surface area (Å²) in [5.41, 5.74) is 0.760. The Morgan fingerprint density at radius 1 is 0.946 bits per heavy atom. The molecule has 0 aliphatic carbocycles. The molecule has 1 aromatic rings. The van der Waals surface area contributed by atoms with Gasteiger partial charge in [0.15, 0.2) is 6.29 Å². The van der Waals surface area contributed by atoms with Crippen LogP contribution in [0.4, 0.5) is 5.69 Å². The van der Waals surface area contributed by atoms with Gasteiger partial charge in [-0.15, -0.1) is 0 Å². The number of likely N-dealkylation sites (N-methyl/N-ethyl adjacent to an activating group) is 2. The maximum atomic E-state index is 13.3. The third-order valence-corrected chi connectivity index (χ3v) is 5.02. The van der Waals surface area contributed by atoms with Crippen LogP contribution in [-0.2, 0) is 28.6 Å². The summed E-state index contributed by atoms with van der Waals surface area (Å²) in [4.78, 5) is 59.4. The van der Waals surface area contributed by atoms with Gasteiger partial charge in [-0.1, -0.05) is 12.1 Å². The fraction of sp³-hybridized carbons (Fsp3) is 0.560. The Kier molecular flexibility index (Phi) is 20.1. The standard InChI is InChI=1S/C24H35N3O8.CH4O/c1-25-23(31)21(8-4-10-28)27(2)24(32)22-19(18-30)6-3-7-20(22)26-9-13-34-15-17-35-16-14-33-12-5-11-29;1-2/h3,6-7,10-11,18,21,26H,4-5,8-9,12-17H2,1-2H3,(H,25,31);2H,1H3. The smallest absolute Gasteiger partial charge is 0.257 e. The molecule has 1 atom stereocenters. The lowest BCUT2D eigenvalue weighted by Crippen LogP contribution is -2.47. The SMILES string of the molecule is CNC(=O)C(CCC=O)N(C)C(=O)c1c(C=O)cccc1NCCOCCOCCOCCC=O.CO. The number of rotatable bonds is 20. The minimum absolute atomic E-state index is 0.115. The highest BCUT2D eigenvalue weighted by atomic mass is 16.5. The van der Waals surface area contributed by atoms with Crippen molar-refractivity contribution in [1.82, 2.24) is 10.2 Å². The third kappa shape index (κ3) is 13.1. The fourth-order valence-corrected chi connectivity index (χ4v) is 3.20. The van der Waals surface area contributed by atoms with Gasteiger partial charge in [-0.25, -0.2) is 0 Å². The average Bonchev–Trinajstić information content (AvgIpc) is 2.93. The van der Waals surface area contributed by atoms with Crippen molar-refractivity contribution in [1.29, 1.82) is 0 Å². The molecule has 0 heterocycles. The number of carbonyl (C=O) groups excluding carboxylic acids is 5. The molecule has 3 N–H and O–H groups in total. The monoisotopic (exact) mass is 525 g/mol. The molecule has 0 bridgehead atoms. The van der Waals surface area contributed by atoms with E-state index < -0.39 is 17.9 Å². The van der Waals surface area contributed by atoms with Gasteiger partial charge in [-0.3, -0.25) is 14.4 Å². The van der Waals surface area contributed by atoms with Crippen molar-refractivity contribution in [3.63, 3.8) is 0 Å². The van der Waals surface area contributed by atoms with E-state index in [1.807, 2.05) is 0 Å². The van der Waals surface area contributed by atoms with Gasteiger partial charge in [0.2, 0.25) is 5.91 Å². The van der Waals surface area contributed by atoms with Crippen LogP contribution >= 0.6 is 0 Å². The number of carbonyl (C=O) groups is 5. The van der Waals surface area contributed by atoms with Crippen LogP contribution in [0.3, 0.4) is 0 Å². The lowest BCUT2D eigenvalue weighted by molar-refractivity contribution is -0.125. The zero-order valence-electron chi connectivity index (χ0n) is 21.8. The predicted molar refractivity (Wildman–Crippen MR) is 137 cm³/mol. The first-order valence-electron chi connectivity index (χ1n) is 11.9. The topological polar surface area (TPSA) is 161 Å². The fourth-order valence-electron chi connectivity index (χ4n) is 3.20. The van der Waals surface area contributed by atoms with Gasteiger partial charge >= 0.3 is 0 Å². The van der Waals surface area contributed by atoms with Crippen LogP contribution in [0.5, 0.6) is 0 Å². The summed E-state index contributed by atoms with van der Waals surface area (Å²) in [6.45, 7) is 2.63. The zero-order valence-corrected chi connectivity index (χ0v) is 21.8. The molecule has 0 radical (unpaired) electrons. The molecular formula is C25H39N3O9. The highest BCUT2D eigenvalue weighted by Crippen LogP contribution is 2.22. The number of aliphatic hydroxyl groups is 1. The van der Waals surface area contributed by atoms with Crippen molar-refractivity contribution < 1.29 is 43.3 Å². The second-order valence-corrected chi connectivity index (χ2v) is 7.40. The molecule has 0 aliphatic heterocycles. The van der Waals surface area contributed by atoms with Crippen molar-refractivity contribution in [3.05, 3.63) is 29.3 Å². The van der Waals surface area contributed by atoms with Crippen LogP contribution in [0.1, 0.15) is 40.0 Å². The number of hydrogen-bond donors (Lipinski definition) is 3. The number of benzene rings is 1. The number of amides is 2. The minimum atomic E-state index is -0.857. The normalized spacial score (nSPS) is 10.9. The van der Waals surface area contributed by atoms with E-state index in [0.717, 1.165) is 13.4 Å². The molecule has 12 heteroatoms. The largest absolute Gasteiger partial charge is 0.400 e. The Morgan fingerprint density at radius 3 is 2.11 bits per heavy atom. The molecule has 0 aliphatic rings. The Bertz CT molecular complexity index is 821. The molecule has 0 saturated heterocycles. The van der Waals surface area contributed by atoms with Crippen LogP contribution in [0.2, 0.25) is 0 Å². The summed E-state index contributed by atoms with van der Waals surface area (Å²) >= 11 is 0. The van der Waals surface area contributed by atoms with Crippen LogP contribution in [-0.4, -0.2) is 114 Å². The van der Waals surface area contributed by atoms with Crippen LogP contribution in [0.15, 0.2) is 18.2 Å². The lowest BCUT2D eigenvalue weighted by Gasteiger charge is -2.28. The molecule has 0 aromatic heterocycles. The Balaban J connectivity index is 0.00000631. The number of anilines is 1.